The summed E-state index contributed by atoms with van der Waals surface area (Å²) in [6, 6.07) is 4.75. The van der Waals surface area contributed by atoms with Crippen LogP contribution in [0.1, 0.15) is 51.3 Å². The van der Waals surface area contributed by atoms with Crippen LogP contribution in [0.3, 0.4) is 0 Å². The first kappa shape index (κ1) is 16.7. The summed E-state index contributed by atoms with van der Waals surface area (Å²) in [6.07, 6.45) is 4.59. The number of aryl methyl sites for hydroxylation is 1. The normalized spacial score (nSPS) is 21.6. The summed E-state index contributed by atoms with van der Waals surface area (Å²) in [5.41, 5.74) is 1.78. The minimum atomic E-state index is -0.446. The number of carbonyl (C=O) groups excluding carboxylic acids is 1. The Labute approximate surface area is 132 Å². The van der Waals surface area contributed by atoms with Gasteiger partial charge in [0.15, 0.2) is 0 Å². The summed E-state index contributed by atoms with van der Waals surface area (Å²) in [6.45, 7) is 8.43. The first-order valence-corrected chi connectivity index (χ1v) is 7.96. The molecule has 1 heterocycles. The standard InChI is InChI=1S/C17H27N3O2/c1-12-5-6-13(10-18-12)11-19-14-7-8-15(9-14)20-16(21)22-17(2,3)4/h5-6,10,14-15,19H,7-9,11H2,1-4H3,(H,20,21). The van der Waals surface area contributed by atoms with Crippen LogP contribution in [0, 0.1) is 6.92 Å². The quantitative estimate of drug-likeness (QED) is 0.898. The zero-order valence-electron chi connectivity index (χ0n) is 14.0. The van der Waals surface area contributed by atoms with Crippen molar-refractivity contribution in [2.75, 3.05) is 0 Å². The van der Waals surface area contributed by atoms with Crippen LogP contribution in [0.5, 0.6) is 0 Å². The molecule has 0 spiro atoms. The van der Waals surface area contributed by atoms with Crippen LogP contribution in [0.2, 0.25) is 0 Å². The second kappa shape index (κ2) is 7.09. The van der Waals surface area contributed by atoms with Gasteiger partial charge in [0.25, 0.3) is 0 Å². The van der Waals surface area contributed by atoms with Gasteiger partial charge in [0.1, 0.15) is 5.60 Å². The lowest BCUT2D eigenvalue weighted by molar-refractivity contribution is 0.0505. The molecule has 2 N–H and O–H groups in total. The van der Waals surface area contributed by atoms with E-state index in [-0.39, 0.29) is 12.1 Å². The predicted molar refractivity (Wildman–Crippen MR) is 86.6 cm³/mol. The number of nitrogens with zero attached hydrogens (tertiary/aromatic N) is 1. The molecule has 0 aromatic carbocycles. The van der Waals surface area contributed by atoms with E-state index >= 15 is 0 Å². The van der Waals surface area contributed by atoms with Crippen molar-refractivity contribution in [3.05, 3.63) is 29.6 Å². The van der Waals surface area contributed by atoms with Crippen molar-refractivity contribution in [2.45, 2.75) is 71.2 Å². The van der Waals surface area contributed by atoms with Gasteiger partial charge in [-0.2, -0.15) is 0 Å². The van der Waals surface area contributed by atoms with Gasteiger partial charge in [0, 0.05) is 30.5 Å². The van der Waals surface area contributed by atoms with E-state index in [0.717, 1.165) is 31.5 Å². The topological polar surface area (TPSA) is 63.2 Å². The van der Waals surface area contributed by atoms with E-state index < -0.39 is 5.60 Å². The number of carbonyl (C=O) groups is 1. The Morgan fingerprint density at radius 2 is 2.05 bits per heavy atom. The van der Waals surface area contributed by atoms with Crippen molar-refractivity contribution in [3.63, 3.8) is 0 Å². The van der Waals surface area contributed by atoms with E-state index in [1.54, 1.807) is 0 Å². The van der Waals surface area contributed by atoms with Crippen LogP contribution >= 0.6 is 0 Å². The Hall–Kier alpha value is -1.62. The summed E-state index contributed by atoms with van der Waals surface area (Å²) in [5.74, 6) is 0. The molecule has 0 saturated heterocycles. The molecule has 5 nitrogen and oxygen atoms in total. The Balaban J connectivity index is 1.71. The summed E-state index contributed by atoms with van der Waals surface area (Å²) in [5, 5.41) is 6.49. The zero-order chi connectivity index (χ0) is 16.2. The van der Waals surface area contributed by atoms with Gasteiger partial charge in [-0.3, -0.25) is 4.98 Å². The van der Waals surface area contributed by atoms with Gasteiger partial charge in [-0.05, 0) is 58.6 Å². The van der Waals surface area contributed by atoms with Gasteiger partial charge in [-0.1, -0.05) is 6.07 Å². The highest BCUT2D eigenvalue weighted by Gasteiger charge is 2.27. The highest BCUT2D eigenvalue weighted by Crippen LogP contribution is 2.20. The fourth-order valence-electron chi connectivity index (χ4n) is 2.64. The third-order valence-electron chi connectivity index (χ3n) is 3.72. The lowest BCUT2D eigenvalue weighted by Crippen LogP contribution is -2.38. The molecule has 1 aliphatic carbocycles. The van der Waals surface area contributed by atoms with Crippen LogP contribution in [-0.2, 0) is 11.3 Å². The van der Waals surface area contributed by atoms with Crippen molar-refractivity contribution in [1.29, 1.82) is 0 Å². The lowest BCUT2D eigenvalue weighted by atomic mass is 10.2. The van der Waals surface area contributed by atoms with Crippen molar-refractivity contribution in [3.8, 4) is 0 Å². The van der Waals surface area contributed by atoms with Gasteiger partial charge < -0.3 is 15.4 Å². The van der Waals surface area contributed by atoms with Gasteiger partial charge in [0.2, 0.25) is 0 Å². The molecule has 5 heteroatoms. The minimum absolute atomic E-state index is 0.198. The van der Waals surface area contributed by atoms with Gasteiger partial charge in [0.05, 0.1) is 0 Å². The average molecular weight is 305 g/mol. The SMILES string of the molecule is Cc1ccc(CNC2CCC(NC(=O)OC(C)(C)C)C2)cn1. The third kappa shape index (κ3) is 5.64. The fraction of sp³-hybridized carbons (Fsp3) is 0.647. The Morgan fingerprint density at radius 3 is 2.68 bits per heavy atom. The number of hydrogen-bond acceptors (Lipinski definition) is 4. The van der Waals surface area contributed by atoms with E-state index in [0.29, 0.717) is 6.04 Å². The second-order valence-corrected chi connectivity index (χ2v) is 7.04. The smallest absolute Gasteiger partial charge is 0.407 e. The molecule has 2 atom stereocenters. The number of pyridine rings is 1. The molecular weight excluding hydrogens is 278 g/mol. The van der Waals surface area contributed by atoms with E-state index in [1.165, 1.54) is 5.56 Å². The van der Waals surface area contributed by atoms with E-state index in [9.17, 15) is 4.79 Å². The van der Waals surface area contributed by atoms with E-state index in [4.69, 9.17) is 4.74 Å². The van der Waals surface area contributed by atoms with Crippen molar-refractivity contribution in [1.82, 2.24) is 15.6 Å². The molecule has 1 fully saturated rings. The Kier molecular flexibility index (Phi) is 5.40. The highest BCUT2D eigenvalue weighted by molar-refractivity contribution is 5.68. The van der Waals surface area contributed by atoms with Crippen LogP contribution in [0.4, 0.5) is 4.79 Å². The maximum absolute atomic E-state index is 11.8. The van der Waals surface area contributed by atoms with E-state index in [1.807, 2.05) is 40.0 Å². The predicted octanol–water partition coefficient (Wildman–Crippen LogP) is 2.93. The summed E-state index contributed by atoms with van der Waals surface area (Å²) < 4.78 is 5.30. The van der Waals surface area contributed by atoms with Gasteiger partial charge in [-0.15, -0.1) is 0 Å². The zero-order valence-corrected chi connectivity index (χ0v) is 14.0. The molecule has 22 heavy (non-hydrogen) atoms. The monoisotopic (exact) mass is 305 g/mol. The molecular formula is C17H27N3O2. The lowest BCUT2D eigenvalue weighted by Gasteiger charge is -2.21. The first-order chi connectivity index (χ1) is 10.3. The molecule has 1 aliphatic rings. The van der Waals surface area contributed by atoms with Crippen molar-refractivity contribution < 1.29 is 9.53 Å². The molecule has 1 amide bonds. The number of aromatic nitrogens is 1. The van der Waals surface area contributed by atoms with Crippen LogP contribution < -0.4 is 10.6 Å². The number of ether oxygens (including phenoxy) is 1. The summed E-state index contributed by atoms with van der Waals surface area (Å²) in [7, 11) is 0. The molecule has 0 aliphatic heterocycles. The number of alkyl carbamates (subject to hydrolysis) is 1. The molecule has 0 bridgehead atoms. The number of rotatable bonds is 4. The third-order valence-corrected chi connectivity index (χ3v) is 3.72. The number of nitrogens with one attached hydrogen (secondary N) is 2. The van der Waals surface area contributed by atoms with Gasteiger partial charge in [-0.25, -0.2) is 4.79 Å². The van der Waals surface area contributed by atoms with Crippen molar-refractivity contribution in [2.24, 2.45) is 0 Å². The second-order valence-electron chi connectivity index (χ2n) is 7.04. The summed E-state index contributed by atoms with van der Waals surface area (Å²) in [4.78, 5) is 16.1. The Morgan fingerprint density at radius 1 is 1.32 bits per heavy atom. The molecule has 1 aromatic rings. The first-order valence-electron chi connectivity index (χ1n) is 7.96. The minimum Gasteiger partial charge on any atom is -0.444 e. The number of hydrogen-bond donors (Lipinski definition) is 2. The largest absolute Gasteiger partial charge is 0.444 e. The Bertz CT molecular complexity index is 494. The average Bonchev–Trinajstić information content (AvgIpc) is 2.83. The molecule has 2 rings (SSSR count). The molecule has 2 unspecified atom stereocenters. The van der Waals surface area contributed by atoms with E-state index in [2.05, 4.69) is 21.7 Å². The van der Waals surface area contributed by atoms with Gasteiger partial charge >= 0.3 is 6.09 Å². The molecule has 1 aromatic heterocycles. The highest BCUT2D eigenvalue weighted by atomic mass is 16.6. The summed E-state index contributed by atoms with van der Waals surface area (Å²) >= 11 is 0. The van der Waals surface area contributed by atoms with Crippen LogP contribution in [-0.4, -0.2) is 28.8 Å². The number of amides is 1. The maximum atomic E-state index is 11.8. The molecule has 0 radical (unpaired) electrons. The maximum Gasteiger partial charge on any atom is 0.407 e. The van der Waals surface area contributed by atoms with Crippen LogP contribution in [0.15, 0.2) is 18.3 Å². The van der Waals surface area contributed by atoms with Crippen molar-refractivity contribution >= 4 is 6.09 Å². The molecule has 122 valence electrons. The van der Waals surface area contributed by atoms with Crippen LogP contribution in [0.25, 0.3) is 0 Å². The molecule has 1 saturated carbocycles. The fourth-order valence-corrected chi connectivity index (χ4v) is 2.64.